The number of aromatic nitrogens is 2. The number of imidazole rings is 1. The third kappa shape index (κ3) is 2.46. The molecule has 1 aromatic heterocycles. The Balaban J connectivity index is 2.08. The molecule has 1 aromatic rings. The molecule has 0 spiro atoms. The first kappa shape index (κ1) is 15.0. The molecule has 2 atom stereocenters. The van der Waals surface area contributed by atoms with E-state index >= 15 is 0 Å². The average Bonchev–Trinajstić information content (AvgIpc) is 3.02. The highest BCUT2D eigenvalue weighted by molar-refractivity contribution is 5.81. The first-order chi connectivity index (χ1) is 9.55. The molecule has 1 heterocycles. The lowest BCUT2D eigenvalue weighted by molar-refractivity contribution is -0.150. The highest BCUT2D eigenvalue weighted by Crippen LogP contribution is 2.39. The lowest BCUT2D eigenvalue weighted by atomic mass is 9.84. The van der Waals surface area contributed by atoms with E-state index < -0.39 is 5.54 Å². The first-order valence-corrected chi connectivity index (χ1v) is 7.31. The fraction of sp³-hybridized carbons (Fsp3) is 0.733. The van der Waals surface area contributed by atoms with Gasteiger partial charge in [-0.1, -0.05) is 6.42 Å². The van der Waals surface area contributed by atoms with E-state index in [0.717, 1.165) is 37.9 Å². The summed E-state index contributed by atoms with van der Waals surface area (Å²) in [6.07, 6.45) is 5.86. The van der Waals surface area contributed by atoms with Crippen molar-refractivity contribution in [1.82, 2.24) is 14.9 Å². The largest absolute Gasteiger partial charge is 0.468 e. The van der Waals surface area contributed by atoms with E-state index in [1.807, 2.05) is 20.3 Å². The van der Waals surface area contributed by atoms with Crippen molar-refractivity contribution in [2.45, 2.75) is 51.6 Å². The van der Waals surface area contributed by atoms with Crippen LogP contribution in [-0.4, -0.2) is 35.2 Å². The van der Waals surface area contributed by atoms with Crippen LogP contribution in [0.1, 0.15) is 37.1 Å². The minimum atomic E-state index is -0.502. The maximum atomic E-state index is 12.2. The van der Waals surface area contributed by atoms with Crippen LogP contribution in [0, 0.1) is 19.8 Å². The van der Waals surface area contributed by atoms with E-state index in [0.29, 0.717) is 5.92 Å². The van der Waals surface area contributed by atoms with Crippen LogP contribution in [0.3, 0.4) is 0 Å². The Morgan fingerprint density at radius 1 is 1.60 bits per heavy atom. The van der Waals surface area contributed by atoms with Crippen LogP contribution in [-0.2, 0) is 16.1 Å². The summed E-state index contributed by atoms with van der Waals surface area (Å²) in [5, 5.41) is 3.23. The zero-order valence-corrected chi connectivity index (χ0v) is 12.9. The SMILES string of the molecule is CNC1(C(=O)OC)CCCC1CCn1cnc(C)c1C. The van der Waals surface area contributed by atoms with Crippen molar-refractivity contribution in [3.05, 3.63) is 17.7 Å². The molecule has 2 rings (SSSR count). The molecule has 5 nitrogen and oxygen atoms in total. The van der Waals surface area contributed by atoms with E-state index in [4.69, 9.17) is 4.74 Å². The summed E-state index contributed by atoms with van der Waals surface area (Å²) >= 11 is 0. The number of carbonyl (C=O) groups excluding carboxylic acids is 1. The highest BCUT2D eigenvalue weighted by Gasteiger charge is 2.48. The first-order valence-electron chi connectivity index (χ1n) is 7.31. The van der Waals surface area contributed by atoms with E-state index in [1.165, 1.54) is 12.8 Å². The maximum Gasteiger partial charge on any atom is 0.326 e. The smallest absolute Gasteiger partial charge is 0.326 e. The molecule has 1 saturated carbocycles. The van der Waals surface area contributed by atoms with E-state index in [2.05, 4.69) is 21.8 Å². The van der Waals surface area contributed by atoms with Gasteiger partial charge in [-0.3, -0.25) is 4.79 Å². The molecule has 1 aliphatic rings. The fourth-order valence-electron chi connectivity index (χ4n) is 3.42. The number of nitrogens with zero attached hydrogens (tertiary/aromatic N) is 2. The Morgan fingerprint density at radius 3 is 2.90 bits per heavy atom. The third-order valence-corrected chi connectivity index (χ3v) is 4.88. The van der Waals surface area contributed by atoms with Gasteiger partial charge in [-0.15, -0.1) is 0 Å². The van der Waals surface area contributed by atoms with E-state index in [-0.39, 0.29) is 5.97 Å². The summed E-state index contributed by atoms with van der Waals surface area (Å²) in [5.41, 5.74) is 1.78. The second kappa shape index (κ2) is 5.95. The lowest BCUT2D eigenvalue weighted by Gasteiger charge is -2.32. The number of nitrogens with one attached hydrogen (secondary N) is 1. The normalized spacial score (nSPS) is 25.9. The van der Waals surface area contributed by atoms with Crippen molar-refractivity contribution in [3.63, 3.8) is 0 Å². The second-order valence-corrected chi connectivity index (χ2v) is 5.70. The minimum Gasteiger partial charge on any atom is -0.468 e. The van der Waals surface area contributed by atoms with E-state index in [9.17, 15) is 4.79 Å². The average molecular weight is 279 g/mol. The van der Waals surface area contributed by atoms with Gasteiger partial charge in [-0.05, 0) is 46.1 Å². The van der Waals surface area contributed by atoms with Gasteiger partial charge in [-0.2, -0.15) is 0 Å². The number of ether oxygens (including phenoxy) is 1. The molecule has 1 fully saturated rings. The molecule has 0 saturated heterocycles. The predicted octanol–water partition coefficient (Wildman–Crippen LogP) is 1.82. The van der Waals surface area contributed by atoms with Crippen molar-refractivity contribution in [2.24, 2.45) is 5.92 Å². The quantitative estimate of drug-likeness (QED) is 0.835. The summed E-state index contributed by atoms with van der Waals surface area (Å²) < 4.78 is 7.19. The predicted molar refractivity (Wildman–Crippen MR) is 77.5 cm³/mol. The molecule has 0 aromatic carbocycles. The molecule has 1 aliphatic carbocycles. The fourth-order valence-corrected chi connectivity index (χ4v) is 3.42. The van der Waals surface area contributed by atoms with Gasteiger partial charge < -0.3 is 14.6 Å². The summed E-state index contributed by atoms with van der Waals surface area (Å²) in [5.74, 6) is 0.197. The molecule has 5 heteroatoms. The molecule has 112 valence electrons. The zero-order valence-electron chi connectivity index (χ0n) is 12.9. The van der Waals surface area contributed by atoms with E-state index in [1.54, 1.807) is 0 Å². The summed E-state index contributed by atoms with van der Waals surface area (Å²) in [6, 6.07) is 0. The van der Waals surface area contributed by atoms with Gasteiger partial charge >= 0.3 is 5.97 Å². The van der Waals surface area contributed by atoms with Crippen LogP contribution < -0.4 is 5.32 Å². The molecule has 20 heavy (non-hydrogen) atoms. The van der Waals surface area contributed by atoms with Crippen LogP contribution >= 0.6 is 0 Å². The Hall–Kier alpha value is -1.36. The second-order valence-electron chi connectivity index (χ2n) is 5.70. The van der Waals surface area contributed by atoms with Gasteiger partial charge in [0.15, 0.2) is 0 Å². The van der Waals surface area contributed by atoms with Crippen LogP contribution in [0.15, 0.2) is 6.33 Å². The number of aryl methyl sites for hydroxylation is 2. The maximum absolute atomic E-state index is 12.2. The van der Waals surface area contributed by atoms with Gasteiger partial charge in [0.1, 0.15) is 5.54 Å². The Morgan fingerprint density at radius 2 is 2.35 bits per heavy atom. The van der Waals surface area contributed by atoms with Crippen molar-refractivity contribution in [2.75, 3.05) is 14.2 Å². The molecule has 2 unspecified atom stereocenters. The summed E-state index contributed by atoms with van der Waals surface area (Å²) in [7, 11) is 3.34. The van der Waals surface area contributed by atoms with Crippen molar-refractivity contribution in [3.8, 4) is 0 Å². The van der Waals surface area contributed by atoms with Gasteiger partial charge in [0.25, 0.3) is 0 Å². The molecular formula is C15H25N3O2. The monoisotopic (exact) mass is 279 g/mol. The number of hydrogen-bond donors (Lipinski definition) is 1. The Bertz CT molecular complexity index is 483. The van der Waals surface area contributed by atoms with Crippen LogP contribution in [0.2, 0.25) is 0 Å². The van der Waals surface area contributed by atoms with Crippen LogP contribution in [0.4, 0.5) is 0 Å². The zero-order chi connectivity index (χ0) is 14.8. The number of methoxy groups -OCH3 is 1. The molecular weight excluding hydrogens is 254 g/mol. The van der Waals surface area contributed by atoms with Gasteiger partial charge in [0, 0.05) is 12.2 Å². The molecule has 0 radical (unpaired) electrons. The number of esters is 1. The molecule has 0 bridgehead atoms. The minimum absolute atomic E-state index is 0.124. The lowest BCUT2D eigenvalue weighted by Crippen LogP contribution is -2.54. The van der Waals surface area contributed by atoms with Crippen LogP contribution in [0.25, 0.3) is 0 Å². The van der Waals surface area contributed by atoms with Crippen molar-refractivity contribution in [1.29, 1.82) is 0 Å². The molecule has 1 N–H and O–H groups in total. The van der Waals surface area contributed by atoms with Gasteiger partial charge in [-0.25, -0.2) is 4.98 Å². The van der Waals surface area contributed by atoms with Crippen molar-refractivity contribution < 1.29 is 9.53 Å². The number of likely N-dealkylation sites (N-methyl/N-ethyl adjacent to an activating group) is 1. The number of carbonyl (C=O) groups is 1. The Labute approximate surface area is 120 Å². The Kier molecular flexibility index (Phi) is 4.48. The topological polar surface area (TPSA) is 56.1 Å². The highest BCUT2D eigenvalue weighted by atomic mass is 16.5. The van der Waals surface area contributed by atoms with Crippen molar-refractivity contribution >= 4 is 5.97 Å². The standard InChI is InChI=1S/C15H25N3O2/c1-11-12(2)18(10-17-11)9-7-13-6-5-8-15(13,16-3)14(19)20-4/h10,13,16H,5-9H2,1-4H3. The molecule has 0 amide bonds. The molecule has 0 aliphatic heterocycles. The van der Waals surface area contributed by atoms with Gasteiger partial charge in [0.2, 0.25) is 0 Å². The van der Waals surface area contributed by atoms with Gasteiger partial charge in [0.05, 0.1) is 19.1 Å². The number of hydrogen-bond acceptors (Lipinski definition) is 4. The summed E-state index contributed by atoms with van der Waals surface area (Å²) in [4.78, 5) is 16.5. The van der Waals surface area contributed by atoms with Crippen LogP contribution in [0.5, 0.6) is 0 Å². The summed E-state index contributed by atoms with van der Waals surface area (Å²) in [6.45, 7) is 5.01. The third-order valence-electron chi connectivity index (χ3n) is 4.88. The number of rotatable bonds is 5.